The van der Waals surface area contributed by atoms with Gasteiger partial charge in [-0.05, 0) is 17.7 Å². The van der Waals surface area contributed by atoms with E-state index in [0.717, 1.165) is 11.4 Å². The Morgan fingerprint density at radius 1 is 1.09 bits per heavy atom. The third-order valence-electron chi connectivity index (χ3n) is 4.05. The third-order valence-corrected chi connectivity index (χ3v) is 4.05. The van der Waals surface area contributed by atoms with Crippen LogP contribution in [0.4, 0.5) is 10.2 Å². The highest BCUT2D eigenvalue weighted by Gasteiger charge is 2.26. The van der Waals surface area contributed by atoms with E-state index in [4.69, 9.17) is 5.73 Å². The number of nitrogens with zero attached hydrogens (tertiary/aromatic N) is 3. The summed E-state index contributed by atoms with van der Waals surface area (Å²) >= 11 is 0. The quantitative estimate of drug-likeness (QED) is 0.934. The van der Waals surface area contributed by atoms with Crippen molar-refractivity contribution in [2.24, 2.45) is 5.73 Å². The summed E-state index contributed by atoms with van der Waals surface area (Å²) in [4.78, 5) is 20.4. The van der Waals surface area contributed by atoms with Crippen LogP contribution < -0.4 is 10.6 Å². The van der Waals surface area contributed by atoms with E-state index in [1.165, 1.54) is 12.3 Å². The number of hydrogen-bond acceptors (Lipinski definition) is 4. The Morgan fingerprint density at radius 3 is 2.39 bits per heavy atom. The van der Waals surface area contributed by atoms with Crippen LogP contribution in [0, 0.1) is 5.82 Å². The molecule has 0 aliphatic carbocycles. The second-order valence-corrected chi connectivity index (χ2v) is 5.54. The van der Waals surface area contributed by atoms with Crippen LogP contribution in [-0.4, -0.2) is 42.0 Å². The molecule has 1 aromatic heterocycles. The van der Waals surface area contributed by atoms with Gasteiger partial charge in [0.1, 0.15) is 17.7 Å². The van der Waals surface area contributed by atoms with E-state index >= 15 is 0 Å². The molecule has 120 valence electrons. The van der Waals surface area contributed by atoms with Crippen molar-refractivity contribution in [2.45, 2.75) is 6.04 Å². The zero-order valence-corrected chi connectivity index (χ0v) is 12.7. The smallest absolute Gasteiger partial charge is 0.244 e. The number of benzene rings is 1. The summed E-state index contributed by atoms with van der Waals surface area (Å²) in [6.45, 7) is 2.48. The van der Waals surface area contributed by atoms with Gasteiger partial charge >= 0.3 is 0 Å². The minimum atomic E-state index is -0.633. The Balaban J connectivity index is 1.60. The second kappa shape index (κ2) is 6.75. The number of piperazine rings is 1. The lowest BCUT2D eigenvalue weighted by atomic mass is 10.1. The fraction of sp³-hybridized carbons (Fsp3) is 0.294. The lowest BCUT2D eigenvalue weighted by Gasteiger charge is -2.36. The second-order valence-electron chi connectivity index (χ2n) is 5.54. The highest BCUT2D eigenvalue weighted by atomic mass is 19.1. The number of carbonyl (C=O) groups is 1. The molecule has 1 aliphatic heterocycles. The topological polar surface area (TPSA) is 62.5 Å². The number of nitrogens with two attached hydrogens (primary N) is 1. The number of rotatable bonds is 3. The maximum atomic E-state index is 12.9. The van der Waals surface area contributed by atoms with E-state index in [9.17, 15) is 9.18 Å². The normalized spacial score (nSPS) is 16.3. The molecule has 1 aromatic carbocycles. The molecule has 2 N–H and O–H groups in total. The number of aromatic nitrogens is 1. The number of carbonyl (C=O) groups excluding carboxylic acids is 1. The van der Waals surface area contributed by atoms with Crippen LogP contribution in [0.25, 0.3) is 0 Å². The molecular weight excluding hydrogens is 295 g/mol. The monoisotopic (exact) mass is 314 g/mol. The number of hydrogen-bond donors (Lipinski definition) is 1. The molecule has 23 heavy (non-hydrogen) atoms. The van der Waals surface area contributed by atoms with Crippen molar-refractivity contribution >= 4 is 11.7 Å². The number of pyridine rings is 1. The van der Waals surface area contributed by atoms with Crippen molar-refractivity contribution in [1.82, 2.24) is 9.88 Å². The van der Waals surface area contributed by atoms with E-state index in [-0.39, 0.29) is 11.7 Å². The fourth-order valence-electron chi connectivity index (χ4n) is 2.71. The van der Waals surface area contributed by atoms with Gasteiger partial charge in [0.2, 0.25) is 5.91 Å². The summed E-state index contributed by atoms with van der Waals surface area (Å²) in [5.41, 5.74) is 6.89. The molecule has 1 saturated heterocycles. The van der Waals surface area contributed by atoms with Crippen molar-refractivity contribution in [2.75, 3.05) is 31.1 Å². The van der Waals surface area contributed by atoms with Crippen LogP contribution >= 0.6 is 0 Å². The molecule has 2 aromatic rings. The highest BCUT2D eigenvalue weighted by molar-refractivity contribution is 5.83. The first kappa shape index (κ1) is 15.4. The van der Waals surface area contributed by atoms with Crippen molar-refractivity contribution < 1.29 is 9.18 Å². The molecule has 1 unspecified atom stereocenters. The van der Waals surface area contributed by atoms with E-state index in [0.29, 0.717) is 26.2 Å². The van der Waals surface area contributed by atoms with Gasteiger partial charge < -0.3 is 15.5 Å². The minimum Gasteiger partial charge on any atom is -0.353 e. The zero-order valence-electron chi connectivity index (χ0n) is 12.7. The van der Waals surface area contributed by atoms with Gasteiger partial charge in [-0.1, -0.05) is 30.3 Å². The lowest BCUT2D eigenvalue weighted by molar-refractivity contribution is -0.133. The average Bonchev–Trinajstić information content (AvgIpc) is 2.62. The molecule has 0 radical (unpaired) electrons. The van der Waals surface area contributed by atoms with Crippen molar-refractivity contribution in [3.63, 3.8) is 0 Å². The lowest BCUT2D eigenvalue weighted by Crippen LogP contribution is -2.51. The summed E-state index contributed by atoms with van der Waals surface area (Å²) in [6, 6.07) is 11.8. The largest absolute Gasteiger partial charge is 0.353 e. The first-order valence-electron chi connectivity index (χ1n) is 7.61. The van der Waals surface area contributed by atoms with Crippen LogP contribution in [0.2, 0.25) is 0 Å². The zero-order chi connectivity index (χ0) is 16.2. The Hall–Kier alpha value is -2.47. The molecule has 0 bridgehead atoms. The van der Waals surface area contributed by atoms with Crippen LogP contribution in [0.5, 0.6) is 0 Å². The average molecular weight is 314 g/mol. The maximum absolute atomic E-state index is 12.9. The maximum Gasteiger partial charge on any atom is 0.244 e. The van der Waals surface area contributed by atoms with Gasteiger partial charge in [-0.25, -0.2) is 9.37 Å². The molecule has 1 atom stereocenters. The van der Waals surface area contributed by atoms with E-state index in [1.807, 2.05) is 35.2 Å². The summed E-state index contributed by atoms with van der Waals surface area (Å²) in [6.07, 6.45) is 1.21. The molecule has 0 spiro atoms. The fourth-order valence-corrected chi connectivity index (χ4v) is 2.71. The van der Waals surface area contributed by atoms with Crippen LogP contribution in [0.15, 0.2) is 48.7 Å². The Bertz CT molecular complexity index is 654. The van der Waals surface area contributed by atoms with E-state index in [1.54, 1.807) is 11.0 Å². The van der Waals surface area contributed by atoms with Gasteiger partial charge in [0.05, 0.1) is 6.20 Å². The van der Waals surface area contributed by atoms with Gasteiger partial charge in [0.25, 0.3) is 0 Å². The van der Waals surface area contributed by atoms with Gasteiger partial charge in [-0.3, -0.25) is 4.79 Å². The predicted octanol–water partition coefficient (Wildman–Crippen LogP) is 1.57. The van der Waals surface area contributed by atoms with E-state index in [2.05, 4.69) is 4.98 Å². The molecule has 3 rings (SSSR count). The molecule has 1 amide bonds. The molecule has 2 heterocycles. The summed E-state index contributed by atoms with van der Waals surface area (Å²) in [5.74, 6) is 0.310. The Kier molecular flexibility index (Phi) is 4.52. The molecule has 1 aliphatic rings. The van der Waals surface area contributed by atoms with Gasteiger partial charge in [-0.15, -0.1) is 0 Å². The Labute approximate surface area is 134 Å². The number of amides is 1. The molecule has 0 saturated carbocycles. The Morgan fingerprint density at radius 2 is 1.78 bits per heavy atom. The molecule has 1 fully saturated rings. The first-order valence-corrected chi connectivity index (χ1v) is 7.61. The van der Waals surface area contributed by atoms with Crippen LogP contribution in [0.1, 0.15) is 11.6 Å². The van der Waals surface area contributed by atoms with Crippen LogP contribution in [-0.2, 0) is 4.79 Å². The molecule has 6 heteroatoms. The summed E-state index contributed by atoms with van der Waals surface area (Å²) in [7, 11) is 0. The van der Waals surface area contributed by atoms with Gasteiger partial charge in [-0.2, -0.15) is 0 Å². The number of anilines is 1. The third kappa shape index (κ3) is 3.48. The van der Waals surface area contributed by atoms with Crippen LogP contribution in [0.3, 0.4) is 0 Å². The summed E-state index contributed by atoms with van der Waals surface area (Å²) in [5, 5.41) is 0. The molecular formula is C17H19FN4O. The standard InChI is InChI=1S/C17H19FN4O/c18-14-6-7-15(20-12-14)21-8-10-22(11-9-21)17(23)16(19)13-4-2-1-3-5-13/h1-7,12,16H,8-11,19H2. The van der Waals surface area contributed by atoms with Crippen molar-refractivity contribution in [3.8, 4) is 0 Å². The highest BCUT2D eigenvalue weighted by Crippen LogP contribution is 2.17. The number of halogens is 1. The minimum absolute atomic E-state index is 0.0667. The van der Waals surface area contributed by atoms with Crippen molar-refractivity contribution in [3.05, 3.63) is 60.0 Å². The van der Waals surface area contributed by atoms with E-state index < -0.39 is 6.04 Å². The predicted molar refractivity (Wildman–Crippen MR) is 86.4 cm³/mol. The SMILES string of the molecule is NC(C(=O)N1CCN(c2ccc(F)cn2)CC1)c1ccccc1. The molecule has 5 nitrogen and oxygen atoms in total. The first-order chi connectivity index (χ1) is 11.1. The van der Waals surface area contributed by atoms with Gasteiger partial charge in [0, 0.05) is 26.2 Å². The van der Waals surface area contributed by atoms with Crippen molar-refractivity contribution in [1.29, 1.82) is 0 Å². The van der Waals surface area contributed by atoms with Gasteiger partial charge in [0.15, 0.2) is 0 Å². The summed E-state index contributed by atoms with van der Waals surface area (Å²) < 4.78 is 12.9.